The Morgan fingerprint density at radius 2 is 1.93 bits per heavy atom. The molecule has 2 aliphatic heterocycles. The van der Waals surface area contributed by atoms with Crippen LogP contribution in [-0.2, 0) is 16.6 Å². The molecule has 4 rings (SSSR count). The molecule has 1 atom stereocenters. The molecule has 0 unspecified atom stereocenters. The van der Waals surface area contributed by atoms with Crippen molar-refractivity contribution in [3.63, 3.8) is 0 Å². The van der Waals surface area contributed by atoms with E-state index < -0.39 is 5.66 Å². The molecule has 0 spiro atoms. The first-order valence-electron chi connectivity index (χ1n) is 9.46. The van der Waals surface area contributed by atoms with E-state index in [0.29, 0.717) is 6.54 Å². The average molecular weight is 362 g/mol. The Morgan fingerprint density at radius 1 is 1.19 bits per heavy atom. The minimum Gasteiger partial charge on any atom is -0.497 e. The largest absolute Gasteiger partial charge is 0.497 e. The molecule has 27 heavy (non-hydrogen) atoms. The van der Waals surface area contributed by atoms with Crippen LogP contribution in [0.4, 0.5) is 5.69 Å². The van der Waals surface area contributed by atoms with Gasteiger partial charge in [0.1, 0.15) is 11.4 Å². The highest BCUT2D eigenvalue weighted by molar-refractivity contribution is 5.91. The molecule has 0 radical (unpaired) electrons. The van der Waals surface area contributed by atoms with Crippen LogP contribution in [0.2, 0.25) is 0 Å². The van der Waals surface area contributed by atoms with E-state index in [1.807, 2.05) is 24.3 Å². The Kier molecular flexibility index (Phi) is 4.02. The van der Waals surface area contributed by atoms with Gasteiger partial charge in [0.15, 0.2) is 0 Å². The topological polar surface area (TPSA) is 41.6 Å². The summed E-state index contributed by atoms with van der Waals surface area (Å²) in [6.45, 7) is 6.99. The smallest absolute Gasteiger partial charge is 0.241 e. The van der Waals surface area contributed by atoms with Gasteiger partial charge in [0, 0.05) is 11.1 Å². The van der Waals surface area contributed by atoms with Crippen LogP contribution in [0, 0.1) is 0 Å². The summed E-state index contributed by atoms with van der Waals surface area (Å²) >= 11 is 0. The molecule has 1 fully saturated rings. The number of fused-ring (bicyclic) bond motifs is 3. The highest BCUT2D eigenvalue weighted by atomic mass is 16.5. The number of hydrogen-bond donors (Lipinski definition) is 1. The fourth-order valence-corrected chi connectivity index (χ4v) is 4.37. The lowest BCUT2D eigenvalue weighted by molar-refractivity contribution is -0.118. The molecule has 2 aliphatic rings. The van der Waals surface area contributed by atoms with Crippen LogP contribution in [-0.4, -0.2) is 25.2 Å². The van der Waals surface area contributed by atoms with Crippen LogP contribution in [0.5, 0.6) is 5.75 Å². The van der Waals surface area contributed by atoms with E-state index >= 15 is 0 Å². The number of benzene rings is 2. The molecule has 4 heteroatoms. The number of nitrogens with one attached hydrogen (secondary N) is 1. The number of amides is 1. The van der Waals surface area contributed by atoms with E-state index in [0.717, 1.165) is 23.4 Å². The average Bonchev–Trinajstić information content (AvgIpc) is 3.11. The van der Waals surface area contributed by atoms with Crippen LogP contribution >= 0.6 is 0 Å². The molecule has 4 nitrogen and oxygen atoms in total. The number of methoxy groups -OCH3 is 1. The van der Waals surface area contributed by atoms with Crippen molar-refractivity contribution in [3.05, 3.63) is 65.2 Å². The summed E-state index contributed by atoms with van der Waals surface area (Å²) in [7, 11) is 1.67. The Bertz CT molecular complexity index is 914. The summed E-state index contributed by atoms with van der Waals surface area (Å²) < 4.78 is 5.24. The number of ether oxygens (including phenoxy) is 1. The minimum atomic E-state index is -0.557. The minimum absolute atomic E-state index is 0.0627. The third kappa shape index (κ3) is 2.54. The van der Waals surface area contributed by atoms with Crippen molar-refractivity contribution in [1.29, 1.82) is 0 Å². The van der Waals surface area contributed by atoms with Gasteiger partial charge in [-0.25, -0.2) is 0 Å². The SMILES string of the molecule is CCc1ccc2c(c1)C(C)(C)[C@@]1(/C=C/c3ccc(OC)cc3)NC(=O)CN21. The molecule has 0 bridgehead atoms. The van der Waals surface area contributed by atoms with Crippen molar-refractivity contribution in [1.82, 2.24) is 5.32 Å². The van der Waals surface area contributed by atoms with Crippen LogP contribution in [0.1, 0.15) is 37.5 Å². The standard InChI is InChI=1S/C23H26N2O2/c1-5-16-8-11-20-19(14-16)22(2,3)23(24-21(26)15-25(20)23)13-12-17-6-9-18(27-4)10-7-17/h6-14H,5,15H2,1-4H3,(H,24,26)/b13-12+/t23-/m0/s1. The number of carbonyl (C=O) groups excluding carboxylic acids is 1. The van der Waals surface area contributed by atoms with Gasteiger partial charge < -0.3 is 15.0 Å². The Hall–Kier alpha value is -2.75. The fourth-order valence-electron chi connectivity index (χ4n) is 4.37. The second-order valence-electron chi connectivity index (χ2n) is 7.84. The summed E-state index contributed by atoms with van der Waals surface area (Å²) in [5.74, 6) is 0.898. The molecule has 2 heterocycles. The maximum Gasteiger partial charge on any atom is 0.241 e. The van der Waals surface area contributed by atoms with Gasteiger partial charge in [-0.15, -0.1) is 0 Å². The molecule has 1 N–H and O–H groups in total. The Labute approximate surface area is 160 Å². The normalized spacial score (nSPS) is 22.7. The van der Waals surface area contributed by atoms with Crippen molar-refractivity contribution in [2.45, 2.75) is 38.3 Å². The van der Waals surface area contributed by atoms with Crippen molar-refractivity contribution < 1.29 is 9.53 Å². The van der Waals surface area contributed by atoms with Gasteiger partial charge in [0.25, 0.3) is 0 Å². The van der Waals surface area contributed by atoms with E-state index in [1.165, 1.54) is 11.1 Å². The van der Waals surface area contributed by atoms with Crippen LogP contribution in [0.15, 0.2) is 48.5 Å². The van der Waals surface area contributed by atoms with Crippen LogP contribution in [0.3, 0.4) is 0 Å². The Balaban J connectivity index is 1.78. The van der Waals surface area contributed by atoms with Gasteiger partial charge in [-0.3, -0.25) is 4.79 Å². The monoisotopic (exact) mass is 362 g/mol. The number of hydrogen-bond acceptors (Lipinski definition) is 3. The van der Waals surface area contributed by atoms with Gasteiger partial charge in [-0.2, -0.15) is 0 Å². The lowest BCUT2D eigenvalue weighted by atomic mass is 9.75. The highest BCUT2D eigenvalue weighted by Gasteiger charge is 2.59. The summed E-state index contributed by atoms with van der Waals surface area (Å²) in [5.41, 5.74) is 4.04. The van der Waals surface area contributed by atoms with Gasteiger partial charge in [0.2, 0.25) is 5.91 Å². The first kappa shape index (κ1) is 17.7. The van der Waals surface area contributed by atoms with Crippen molar-refractivity contribution in [2.75, 3.05) is 18.6 Å². The maximum absolute atomic E-state index is 12.4. The third-order valence-electron chi connectivity index (χ3n) is 6.08. The molecule has 0 aromatic heterocycles. The van der Waals surface area contributed by atoms with E-state index in [1.54, 1.807) is 7.11 Å². The number of anilines is 1. The molecular weight excluding hydrogens is 336 g/mol. The fraction of sp³-hybridized carbons (Fsp3) is 0.348. The molecular formula is C23H26N2O2. The van der Waals surface area contributed by atoms with E-state index in [-0.39, 0.29) is 11.3 Å². The van der Waals surface area contributed by atoms with Gasteiger partial charge >= 0.3 is 0 Å². The highest BCUT2D eigenvalue weighted by Crippen LogP contribution is 2.53. The predicted molar refractivity (Wildman–Crippen MR) is 109 cm³/mol. The molecule has 0 saturated carbocycles. The van der Waals surface area contributed by atoms with E-state index in [4.69, 9.17) is 4.74 Å². The second kappa shape index (κ2) is 6.15. The van der Waals surface area contributed by atoms with Crippen molar-refractivity contribution >= 4 is 17.7 Å². The molecule has 2 aromatic rings. The van der Waals surface area contributed by atoms with E-state index in [9.17, 15) is 4.79 Å². The lowest BCUT2D eigenvalue weighted by Crippen LogP contribution is -2.58. The maximum atomic E-state index is 12.4. The summed E-state index contributed by atoms with van der Waals surface area (Å²) in [4.78, 5) is 14.6. The van der Waals surface area contributed by atoms with Gasteiger partial charge in [-0.05, 0) is 47.4 Å². The molecule has 140 valence electrons. The second-order valence-corrected chi connectivity index (χ2v) is 7.84. The molecule has 1 amide bonds. The first-order chi connectivity index (χ1) is 12.9. The summed E-state index contributed by atoms with van der Waals surface area (Å²) in [5, 5.41) is 3.27. The number of carbonyl (C=O) groups is 1. The third-order valence-corrected chi connectivity index (χ3v) is 6.08. The van der Waals surface area contributed by atoms with E-state index in [2.05, 4.69) is 61.3 Å². The van der Waals surface area contributed by atoms with Crippen molar-refractivity contribution in [2.24, 2.45) is 0 Å². The lowest BCUT2D eigenvalue weighted by Gasteiger charge is -2.40. The van der Waals surface area contributed by atoms with Gasteiger partial charge in [-0.1, -0.05) is 51.1 Å². The zero-order valence-electron chi connectivity index (χ0n) is 16.4. The summed E-state index contributed by atoms with van der Waals surface area (Å²) in [6, 6.07) is 14.6. The quantitative estimate of drug-likeness (QED) is 0.897. The van der Waals surface area contributed by atoms with Crippen LogP contribution < -0.4 is 15.0 Å². The number of rotatable bonds is 4. The summed E-state index contributed by atoms with van der Waals surface area (Å²) in [6.07, 6.45) is 5.24. The predicted octanol–water partition coefficient (Wildman–Crippen LogP) is 3.89. The van der Waals surface area contributed by atoms with Crippen molar-refractivity contribution in [3.8, 4) is 5.75 Å². The molecule has 0 aliphatic carbocycles. The Morgan fingerprint density at radius 3 is 2.59 bits per heavy atom. The number of aryl methyl sites for hydroxylation is 1. The zero-order chi connectivity index (χ0) is 19.2. The number of nitrogens with zero attached hydrogens (tertiary/aromatic N) is 1. The molecule has 2 aromatic carbocycles. The zero-order valence-corrected chi connectivity index (χ0v) is 16.4. The van der Waals surface area contributed by atoms with Gasteiger partial charge in [0.05, 0.1) is 13.7 Å². The van der Waals surface area contributed by atoms with Crippen LogP contribution in [0.25, 0.3) is 6.08 Å². The molecule has 1 saturated heterocycles. The first-order valence-corrected chi connectivity index (χ1v) is 9.46.